The third kappa shape index (κ3) is 4.86. The largest absolute Gasteiger partial charge is 0.366 e. The predicted octanol–water partition coefficient (Wildman–Crippen LogP) is 3.08. The van der Waals surface area contributed by atoms with Gasteiger partial charge in [0.2, 0.25) is 5.91 Å². The van der Waals surface area contributed by atoms with E-state index < -0.39 is 0 Å². The fraction of sp³-hybridized carbons (Fsp3) is 0.500. The van der Waals surface area contributed by atoms with Gasteiger partial charge < -0.3 is 15.4 Å². The van der Waals surface area contributed by atoms with E-state index in [2.05, 4.69) is 21.7 Å². The Morgan fingerprint density at radius 1 is 1.36 bits per heavy atom. The molecule has 148 valence electrons. The molecule has 1 fully saturated rings. The van der Waals surface area contributed by atoms with Gasteiger partial charge in [0.05, 0.1) is 22.7 Å². The van der Waals surface area contributed by atoms with Crippen molar-refractivity contribution in [3.63, 3.8) is 0 Å². The van der Waals surface area contributed by atoms with E-state index >= 15 is 0 Å². The molecule has 0 spiro atoms. The number of carbonyl (C=O) groups is 1. The highest BCUT2D eigenvalue weighted by atomic mass is 16.5. The van der Waals surface area contributed by atoms with Gasteiger partial charge in [0, 0.05) is 11.6 Å². The number of nitrogens with zero attached hydrogens (tertiary/aromatic N) is 2. The van der Waals surface area contributed by atoms with Gasteiger partial charge in [-0.3, -0.25) is 9.78 Å². The molecule has 1 saturated heterocycles. The van der Waals surface area contributed by atoms with E-state index in [1.54, 1.807) is 12.3 Å². The summed E-state index contributed by atoms with van der Waals surface area (Å²) in [6.07, 6.45) is 3.65. The van der Waals surface area contributed by atoms with Crippen molar-refractivity contribution in [2.24, 2.45) is 5.92 Å². The molecule has 1 amide bonds. The number of amides is 1. The van der Waals surface area contributed by atoms with Crippen LogP contribution in [0, 0.1) is 17.2 Å². The van der Waals surface area contributed by atoms with Crippen molar-refractivity contribution in [3.05, 3.63) is 41.6 Å². The Hall–Kier alpha value is -2.49. The van der Waals surface area contributed by atoms with Crippen molar-refractivity contribution in [2.75, 3.05) is 19.7 Å². The molecule has 6 nitrogen and oxygen atoms in total. The number of pyridine rings is 1. The number of nitriles is 1. The molecule has 3 rings (SSSR count). The molecule has 0 saturated carbocycles. The number of piperidine rings is 1. The van der Waals surface area contributed by atoms with Crippen molar-refractivity contribution >= 4 is 16.8 Å². The highest BCUT2D eigenvalue weighted by Gasteiger charge is 2.28. The standard InChI is InChI=1S/C22H28N4O2/c1-22(2,3)28-14-19(27)26-21(15-8-11-24-12-9-15)18-7-6-16(13-23)20-17(18)5-4-10-25-20/h4-7,10,15,21,24H,8-9,11-12,14H2,1-3H3,(H,26,27). The van der Waals surface area contributed by atoms with Crippen LogP contribution in [0.3, 0.4) is 0 Å². The summed E-state index contributed by atoms with van der Waals surface area (Å²) >= 11 is 0. The second-order valence-corrected chi connectivity index (χ2v) is 8.25. The van der Waals surface area contributed by atoms with Gasteiger partial charge in [-0.25, -0.2) is 0 Å². The molecule has 1 aromatic carbocycles. The first kappa shape index (κ1) is 20.2. The fourth-order valence-electron chi connectivity index (χ4n) is 3.68. The van der Waals surface area contributed by atoms with Crippen molar-refractivity contribution < 1.29 is 9.53 Å². The van der Waals surface area contributed by atoms with Gasteiger partial charge in [-0.05, 0) is 70.3 Å². The van der Waals surface area contributed by atoms with Gasteiger partial charge in [-0.1, -0.05) is 12.1 Å². The second kappa shape index (κ2) is 8.68. The molecule has 6 heteroatoms. The van der Waals surface area contributed by atoms with Gasteiger partial charge >= 0.3 is 0 Å². The lowest BCUT2D eigenvalue weighted by atomic mass is 9.84. The first-order chi connectivity index (χ1) is 13.4. The van der Waals surface area contributed by atoms with Crippen LogP contribution in [0.1, 0.15) is 50.8 Å². The summed E-state index contributed by atoms with van der Waals surface area (Å²) in [5.74, 6) is 0.191. The number of hydrogen-bond acceptors (Lipinski definition) is 5. The van der Waals surface area contributed by atoms with Gasteiger partial charge in [-0.15, -0.1) is 0 Å². The molecular formula is C22H28N4O2. The van der Waals surface area contributed by atoms with Gasteiger partial charge in [0.25, 0.3) is 0 Å². The van der Waals surface area contributed by atoms with Crippen molar-refractivity contribution in [1.29, 1.82) is 5.26 Å². The van der Waals surface area contributed by atoms with E-state index in [0.717, 1.165) is 36.9 Å². The molecule has 2 heterocycles. The lowest BCUT2D eigenvalue weighted by Crippen LogP contribution is -2.41. The minimum atomic E-state index is -0.368. The molecule has 1 atom stereocenters. The number of hydrogen-bond donors (Lipinski definition) is 2. The quantitative estimate of drug-likeness (QED) is 0.832. The Labute approximate surface area is 166 Å². The molecule has 2 N–H and O–H groups in total. The number of rotatable bonds is 5. The summed E-state index contributed by atoms with van der Waals surface area (Å²) in [7, 11) is 0. The minimum absolute atomic E-state index is 0.0252. The Bertz CT molecular complexity index is 876. The average molecular weight is 380 g/mol. The molecule has 0 radical (unpaired) electrons. The predicted molar refractivity (Wildman–Crippen MR) is 109 cm³/mol. The second-order valence-electron chi connectivity index (χ2n) is 8.25. The molecule has 2 aromatic rings. The molecular weight excluding hydrogens is 352 g/mol. The third-order valence-electron chi connectivity index (χ3n) is 5.07. The first-order valence-corrected chi connectivity index (χ1v) is 9.81. The van der Waals surface area contributed by atoms with E-state index in [0.29, 0.717) is 17.0 Å². The monoisotopic (exact) mass is 380 g/mol. The topological polar surface area (TPSA) is 87.0 Å². The summed E-state index contributed by atoms with van der Waals surface area (Å²) in [4.78, 5) is 17.1. The van der Waals surface area contributed by atoms with Crippen LogP contribution in [-0.2, 0) is 9.53 Å². The van der Waals surface area contributed by atoms with Crippen LogP contribution in [0.25, 0.3) is 10.9 Å². The summed E-state index contributed by atoms with van der Waals surface area (Å²) in [5, 5.41) is 16.9. The maximum atomic E-state index is 12.7. The number of benzene rings is 1. The average Bonchev–Trinajstić information content (AvgIpc) is 2.70. The van der Waals surface area contributed by atoms with Crippen molar-refractivity contribution in [3.8, 4) is 6.07 Å². The number of carbonyl (C=O) groups excluding carboxylic acids is 1. The number of nitrogens with one attached hydrogen (secondary N) is 2. The van der Waals surface area contributed by atoms with Crippen LogP contribution in [0.15, 0.2) is 30.5 Å². The Kier molecular flexibility index (Phi) is 6.28. The molecule has 28 heavy (non-hydrogen) atoms. The SMILES string of the molecule is CC(C)(C)OCC(=O)NC(c1ccc(C#N)c2ncccc12)C1CCNCC1. The first-order valence-electron chi connectivity index (χ1n) is 9.81. The van der Waals surface area contributed by atoms with E-state index in [1.165, 1.54) is 0 Å². The number of ether oxygens (including phenoxy) is 1. The van der Waals surface area contributed by atoms with Crippen LogP contribution >= 0.6 is 0 Å². The van der Waals surface area contributed by atoms with Crippen LogP contribution in [-0.4, -0.2) is 36.2 Å². The zero-order valence-electron chi connectivity index (χ0n) is 16.8. The van der Waals surface area contributed by atoms with Crippen LogP contribution < -0.4 is 10.6 Å². The van der Waals surface area contributed by atoms with E-state index in [1.807, 2.05) is 39.0 Å². The molecule has 0 aliphatic carbocycles. The molecule has 1 aliphatic rings. The van der Waals surface area contributed by atoms with Crippen molar-refractivity contribution in [1.82, 2.24) is 15.6 Å². The lowest BCUT2D eigenvalue weighted by Gasteiger charge is -2.32. The highest BCUT2D eigenvalue weighted by molar-refractivity contribution is 5.88. The van der Waals surface area contributed by atoms with E-state index in [4.69, 9.17) is 4.74 Å². The van der Waals surface area contributed by atoms with Crippen LogP contribution in [0.5, 0.6) is 0 Å². The molecule has 1 aliphatic heterocycles. The smallest absolute Gasteiger partial charge is 0.246 e. The van der Waals surface area contributed by atoms with Crippen LogP contribution in [0.2, 0.25) is 0 Å². The summed E-state index contributed by atoms with van der Waals surface area (Å²) in [5.41, 5.74) is 1.87. The third-order valence-corrected chi connectivity index (χ3v) is 5.07. The highest BCUT2D eigenvalue weighted by Crippen LogP contribution is 2.34. The lowest BCUT2D eigenvalue weighted by molar-refractivity contribution is -0.131. The Morgan fingerprint density at radius 2 is 2.11 bits per heavy atom. The normalized spacial score (nSPS) is 16.5. The number of fused-ring (bicyclic) bond motifs is 1. The maximum Gasteiger partial charge on any atom is 0.246 e. The summed E-state index contributed by atoms with van der Waals surface area (Å²) in [6, 6.07) is 9.68. The van der Waals surface area contributed by atoms with Crippen molar-refractivity contribution in [2.45, 2.75) is 45.3 Å². The zero-order valence-corrected chi connectivity index (χ0v) is 16.8. The van der Waals surface area contributed by atoms with Gasteiger partial charge in [-0.2, -0.15) is 5.26 Å². The Morgan fingerprint density at radius 3 is 2.79 bits per heavy atom. The minimum Gasteiger partial charge on any atom is -0.366 e. The molecule has 1 unspecified atom stereocenters. The summed E-state index contributed by atoms with van der Waals surface area (Å²) in [6.45, 7) is 7.69. The fourth-order valence-corrected chi connectivity index (χ4v) is 3.68. The van der Waals surface area contributed by atoms with Gasteiger partial charge in [0.1, 0.15) is 12.7 Å². The Balaban J connectivity index is 1.94. The summed E-state index contributed by atoms with van der Waals surface area (Å²) < 4.78 is 5.66. The molecule has 1 aromatic heterocycles. The molecule has 0 bridgehead atoms. The van der Waals surface area contributed by atoms with E-state index in [9.17, 15) is 10.1 Å². The van der Waals surface area contributed by atoms with E-state index in [-0.39, 0.29) is 24.2 Å². The van der Waals surface area contributed by atoms with Gasteiger partial charge in [0.15, 0.2) is 0 Å². The zero-order chi connectivity index (χ0) is 20.1. The van der Waals surface area contributed by atoms with Crippen LogP contribution in [0.4, 0.5) is 0 Å². The maximum absolute atomic E-state index is 12.7. The number of aromatic nitrogens is 1.